The summed E-state index contributed by atoms with van der Waals surface area (Å²) in [5, 5.41) is 11.4. The highest BCUT2D eigenvalue weighted by Crippen LogP contribution is 2.30. The maximum absolute atomic E-state index is 13.0. The van der Waals surface area contributed by atoms with Crippen LogP contribution in [-0.2, 0) is 16.1 Å². The highest BCUT2D eigenvalue weighted by molar-refractivity contribution is 5.95. The molecule has 7 nitrogen and oxygen atoms in total. The van der Waals surface area contributed by atoms with Crippen molar-refractivity contribution >= 4 is 17.8 Å². The summed E-state index contributed by atoms with van der Waals surface area (Å²) in [6, 6.07) is 8.74. The highest BCUT2D eigenvalue weighted by Gasteiger charge is 2.43. The lowest BCUT2D eigenvalue weighted by Gasteiger charge is -2.30. The van der Waals surface area contributed by atoms with Crippen molar-refractivity contribution in [1.29, 1.82) is 0 Å². The van der Waals surface area contributed by atoms with Crippen LogP contribution in [0.1, 0.15) is 50.5 Å². The van der Waals surface area contributed by atoms with Crippen molar-refractivity contribution in [3.8, 4) is 0 Å². The lowest BCUT2D eigenvalue weighted by atomic mass is 9.95. The van der Waals surface area contributed by atoms with Gasteiger partial charge >= 0.3 is 6.03 Å². The van der Waals surface area contributed by atoms with Crippen molar-refractivity contribution in [3.63, 3.8) is 0 Å². The van der Waals surface area contributed by atoms with Crippen LogP contribution in [0.3, 0.4) is 0 Å². The lowest BCUT2D eigenvalue weighted by molar-refractivity contribution is -0.132. The fraction of sp³-hybridized carbons (Fsp3) is 0.550. The number of carbonyl (C=O) groups excluding carboxylic acids is 3. The number of hydrogen-bond donors (Lipinski definition) is 4. The molecule has 1 saturated heterocycles. The number of benzene rings is 1. The first kappa shape index (κ1) is 19.2. The van der Waals surface area contributed by atoms with E-state index in [4.69, 9.17) is 0 Å². The molecule has 27 heavy (non-hydrogen) atoms. The van der Waals surface area contributed by atoms with E-state index in [-0.39, 0.29) is 17.8 Å². The van der Waals surface area contributed by atoms with Crippen molar-refractivity contribution in [2.75, 3.05) is 6.54 Å². The summed E-state index contributed by atoms with van der Waals surface area (Å²) in [6.07, 6.45) is 5.38. The van der Waals surface area contributed by atoms with E-state index < -0.39 is 11.6 Å². The summed E-state index contributed by atoms with van der Waals surface area (Å²) in [7, 11) is 0. The third kappa shape index (κ3) is 4.99. The Morgan fingerprint density at radius 3 is 2.56 bits per heavy atom. The largest absolute Gasteiger partial charge is 0.354 e. The minimum Gasteiger partial charge on any atom is -0.354 e. The maximum atomic E-state index is 13.0. The third-order valence-electron chi connectivity index (χ3n) is 5.38. The molecule has 146 valence electrons. The molecule has 1 aromatic rings. The summed E-state index contributed by atoms with van der Waals surface area (Å²) in [5.74, 6) is -0.389. The minimum absolute atomic E-state index is 0.137. The van der Waals surface area contributed by atoms with E-state index in [0.29, 0.717) is 32.4 Å². The molecule has 2 fully saturated rings. The second kappa shape index (κ2) is 8.88. The van der Waals surface area contributed by atoms with Gasteiger partial charge in [-0.15, -0.1) is 0 Å². The molecule has 1 aromatic carbocycles. The number of carbonyl (C=O) groups is 3. The first-order chi connectivity index (χ1) is 13.1. The lowest BCUT2D eigenvalue weighted by Crippen LogP contribution is -2.61. The molecule has 4 N–H and O–H groups in total. The Hall–Kier alpha value is -2.57. The first-order valence-corrected chi connectivity index (χ1v) is 9.78. The average molecular weight is 372 g/mol. The number of nitrogens with one attached hydrogen (secondary N) is 4. The molecular weight excluding hydrogens is 344 g/mol. The van der Waals surface area contributed by atoms with E-state index in [2.05, 4.69) is 21.3 Å². The number of hydrogen-bond acceptors (Lipinski definition) is 3. The summed E-state index contributed by atoms with van der Waals surface area (Å²) < 4.78 is 0. The van der Waals surface area contributed by atoms with Crippen LogP contribution in [0.5, 0.6) is 0 Å². The van der Waals surface area contributed by atoms with E-state index in [9.17, 15) is 14.4 Å². The SMILES string of the molecule is O=C(NCc1ccccc1)NC1(C(=O)N[C@H]2CCCCNC2=O)CCCC1. The standard InChI is InChI=1S/C20H28N4O3/c25-17-16(10-4-7-13-21-17)23-18(26)20(11-5-6-12-20)24-19(27)22-14-15-8-2-1-3-9-15/h1-3,8-9,16H,4-7,10-14H2,(H,21,25)(H,23,26)(H2,22,24,27)/t16-/m0/s1. The van der Waals surface area contributed by atoms with Crippen LogP contribution in [-0.4, -0.2) is 36.0 Å². The van der Waals surface area contributed by atoms with Gasteiger partial charge in [0, 0.05) is 13.1 Å². The Morgan fingerprint density at radius 1 is 1.07 bits per heavy atom. The molecule has 1 aliphatic carbocycles. The average Bonchev–Trinajstić information content (AvgIpc) is 3.06. The molecule has 7 heteroatoms. The second-order valence-electron chi connectivity index (χ2n) is 7.40. The molecule has 1 aliphatic heterocycles. The van der Waals surface area contributed by atoms with Crippen LogP contribution in [0.25, 0.3) is 0 Å². The van der Waals surface area contributed by atoms with E-state index >= 15 is 0 Å². The first-order valence-electron chi connectivity index (χ1n) is 9.78. The molecule has 0 unspecified atom stereocenters. The maximum Gasteiger partial charge on any atom is 0.315 e. The Kier molecular flexibility index (Phi) is 6.32. The fourth-order valence-electron chi connectivity index (χ4n) is 3.80. The zero-order chi connectivity index (χ0) is 19.1. The van der Waals surface area contributed by atoms with Gasteiger partial charge in [0.05, 0.1) is 0 Å². The Bertz CT molecular complexity index is 671. The van der Waals surface area contributed by atoms with Gasteiger partial charge in [0.25, 0.3) is 0 Å². The van der Waals surface area contributed by atoms with Crippen LogP contribution in [0.4, 0.5) is 4.79 Å². The molecule has 0 aromatic heterocycles. The van der Waals surface area contributed by atoms with E-state index in [1.165, 1.54) is 0 Å². The van der Waals surface area contributed by atoms with Crippen molar-refractivity contribution < 1.29 is 14.4 Å². The number of urea groups is 1. The van der Waals surface area contributed by atoms with Crippen LogP contribution < -0.4 is 21.3 Å². The van der Waals surface area contributed by atoms with E-state index in [0.717, 1.165) is 31.2 Å². The molecule has 0 bridgehead atoms. The van der Waals surface area contributed by atoms with Gasteiger partial charge in [-0.2, -0.15) is 0 Å². The molecule has 3 rings (SSSR count). The van der Waals surface area contributed by atoms with Crippen molar-refractivity contribution in [3.05, 3.63) is 35.9 Å². The number of amides is 4. The van der Waals surface area contributed by atoms with Gasteiger partial charge in [0.1, 0.15) is 11.6 Å². The molecule has 4 amide bonds. The van der Waals surface area contributed by atoms with Crippen LogP contribution >= 0.6 is 0 Å². The predicted molar refractivity (Wildman–Crippen MR) is 102 cm³/mol. The summed E-state index contributed by atoms with van der Waals surface area (Å²) in [4.78, 5) is 37.5. The molecular formula is C20H28N4O3. The Labute approximate surface area is 159 Å². The number of rotatable bonds is 5. The molecule has 2 aliphatic rings. The second-order valence-corrected chi connectivity index (χ2v) is 7.40. The van der Waals surface area contributed by atoms with Gasteiger partial charge in [-0.25, -0.2) is 4.79 Å². The highest BCUT2D eigenvalue weighted by atomic mass is 16.2. The topological polar surface area (TPSA) is 99.3 Å². The smallest absolute Gasteiger partial charge is 0.315 e. The van der Waals surface area contributed by atoms with Crippen molar-refractivity contribution in [2.45, 2.75) is 63.1 Å². The van der Waals surface area contributed by atoms with E-state index in [1.54, 1.807) is 0 Å². The third-order valence-corrected chi connectivity index (χ3v) is 5.38. The monoisotopic (exact) mass is 372 g/mol. The molecule has 1 saturated carbocycles. The zero-order valence-corrected chi connectivity index (χ0v) is 15.6. The molecule has 0 spiro atoms. The van der Waals surface area contributed by atoms with E-state index in [1.807, 2.05) is 30.3 Å². The summed E-state index contributed by atoms with van der Waals surface area (Å²) in [5.41, 5.74) is 0.0561. The van der Waals surface area contributed by atoms with Crippen molar-refractivity contribution in [1.82, 2.24) is 21.3 Å². The van der Waals surface area contributed by atoms with Crippen LogP contribution in [0, 0.1) is 0 Å². The summed E-state index contributed by atoms with van der Waals surface area (Å²) >= 11 is 0. The quantitative estimate of drug-likeness (QED) is 0.631. The summed E-state index contributed by atoms with van der Waals surface area (Å²) in [6.45, 7) is 1.05. The van der Waals surface area contributed by atoms with Gasteiger partial charge in [-0.05, 0) is 37.7 Å². The molecule has 1 atom stereocenters. The molecule has 1 heterocycles. The van der Waals surface area contributed by atoms with Crippen LogP contribution in [0.2, 0.25) is 0 Å². The van der Waals surface area contributed by atoms with Crippen LogP contribution in [0.15, 0.2) is 30.3 Å². The van der Waals surface area contributed by atoms with Gasteiger partial charge in [-0.3, -0.25) is 9.59 Å². The van der Waals surface area contributed by atoms with Gasteiger partial charge in [-0.1, -0.05) is 43.2 Å². The fourth-order valence-corrected chi connectivity index (χ4v) is 3.80. The van der Waals surface area contributed by atoms with Gasteiger partial charge in [0.15, 0.2) is 0 Å². The van der Waals surface area contributed by atoms with Gasteiger partial charge < -0.3 is 21.3 Å². The zero-order valence-electron chi connectivity index (χ0n) is 15.6. The Morgan fingerprint density at radius 2 is 1.81 bits per heavy atom. The Balaban J connectivity index is 1.59. The normalized spacial score (nSPS) is 21.6. The van der Waals surface area contributed by atoms with Gasteiger partial charge in [0.2, 0.25) is 11.8 Å². The predicted octanol–water partition coefficient (Wildman–Crippen LogP) is 1.58. The minimum atomic E-state index is -0.937. The molecule has 0 radical (unpaired) electrons. The van der Waals surface area contributed by atoms with Crippen molar-refractivity contribution in [2.24, 2.45) is 0 Å².